The lowest BCUT2D eigenvalue weighted by Crippen LogP contribution is -2.03. The molecule has 76 valence electrons. The van der Waals surface area contributed by atoms with E-state index < -0.39 is 0 Å². The molecule has 0 unspecified atom stereocenters. The number of hydrogen-bond acceptors (Lipinski definition) is 3. The number of nitrogens with zero attached hydrogens (tertiary/aromatic N) is 1. The Balaban J connectivity index is 2.62. The van der Waals surface area contributed by atoms with E-state index in [2.05, 4.69) is 15.9 Å². The molecule has 0 bridgehead atoms. The topological polar surface area (TPSA) is 38.7 Å². The van der Waals surface area contributed by atoms with Gasteiger partial charge in [0.2, 0.25) is 0 Å². The fraction of sp³-hybridized carbons (Fsp3) is 0.167. The largest absolute Gasteiger partial charge is 0.399 e. The third kappa shape index (κ3) is 3.65. The highest BCUT2D eigenvalue weighted by atomic mass is 16.6. The Labute approximate surface area is 88.7 Å². The highest BCUT2D eigenvalue weighted by Crippen LogP contribution is 2.03. The van der Waals surface area contributed by atoms with Crippen LogP contribution in [-0.4, -0.2) is 19.1 Å². The van der Waals surface area contributed by atoms with Crippen LogP contribution < -0.4 is 0 Å². The molecule has 0 aliphatic carbocycles. The number of carbonyl (C=O) groups is 1. The SMILES string of the molecule is C#Cc1ccc(CC(=O)C=NOC)cc1. The molecule has 0 fully saturated rings. The maximum absolute atomic E-state index is 11.3. The lowest BCUT2D eigenvalue weighted by Gasteiger charge is -1.97. The zero-order valence-electron chi connectivity index (χ0n) is 8.43. The zero-order valence-corrected chi connectivity index (χ0v) is 8.43. The van der Waals surface area contributed by atoms with Gasteiger partial charge in [-0.2, -0.15) is 0 Å². The van der Waals surface area contributed by atoms with E-state index in [0.717, 1.165) is 17.3 Å². The average molecular weight is 201 g/mol. The van der Waals surface area contributed by atoms with Gasteiger partial charge in [-0.15, -0.1) is 6.42 Å². The van der Waals surface area contributed by atoms with Crippen LogP contribution >= 0.6 is 0 Å². The van der Waals surface area contributed by atoms with Crippen molar-refractivity contribution in [3.8, 4) is 12.3 Å². The number of ketones is 1. The van der Waals surface area contributed by atoms with Crippen molar-refractivity contribution in [2.75, 3.05) is 7.11 Å². The summed E-state index contributed by atoms with van der Waals surface area (Å²) in [7, 11) is 1.39. The van der Waals surface area contributed by atoms with Gasteiger partial charge in [-0.3, -0.25) is 4.79 Å². The summed E-state index contributed by atoms with van der Waals surface area (Å²) in [5, 5.41) is 3.39. The summed E-state index contributed by atoms with van der Waals surface area (Å²) in [6.45, 7) is 0. The van der Waals surface area contributed by atoms with Gasteiger partial charge in [0.15, 0.2) is 5.78 Å². The number of hydrogen-bond donors (Lipinski definition) is 0. The van der Waals surface area contributed by atoms with E-state index in [9.17, 15) is 4.79 Å². The van der Waals surface area contributed by atoms with Gasteiger partial charge in [0.25, 0.3) is 0 Å². The van der Waals surface area contributed by atoms with Gasteiger partial charge in [-0.1, -0.05) is 23.2 Å². The van der Waals surface area contributed by atoms with Crippen LogP contribution in [0.2, 0.25) is 0 Å². The second-order valence-electron chi connectivity index (χ2n) is 2.90. The van der Waals surface area contributed by atoms with Crippen molar-refractivity contribution >= 4 is 12.0 Å². The minimum Gasteiger partial charge on any atom is -0.399 e. The number of carbonyl (C=O) groups excluding carboxylic acids is 1. The summed E-state index contributed by atoms with van der Waals surface area (Å²) in [6.07, 6.45) is 6.68. The van der Waals surface area contributed by atoms with Crippen LogP contribution in [0.5, 0.6) is 0 Å². The summed E-state index contributed by atoms with van der Waals surface area (Å²) in [5.41, 5.74) is 1.71. The third-order valence-corrected chi connectivity index (χ3v) is 1.80. The van der Waals surface area contributed by atoms with Crippen molar-refractivity contribution < 1.29 is 9.63 Å². The van der Waals surface area contributed by atoms with Crippen molar-refractivity contribution in [3.05, 3.63) is 35.4 Å². The first-order valence-electron chi connectivity index (χ1n) is 4.41. The van der Waals surface area contributed by atoms with Gasteiger partial charge in [0, 0.05) is 12.0 Å². The smallest absolute Gasteiger partial charge is 0.181 e. The zero-order chi connectivity index (χ0) is 11.1. The van der Waals surface area contributed by atoms with Crippen molar-refractivity contribution in [1.82, 2.24) is 0 Å². The molecule has 0 saturated heterocycles. The Morgan fingerprint density at radius 1 is 1.53 bits per heavy atom. The maximum atomic E-state index is 11.3. The number of benzene rings is 1. The Morgan fingerprint density at radius 2 is 2.20 bits per heavy atom. The summed E-state index contributed by atoms with van der Waals surface area (Å²) in [5.74, 6) is 2.40. The minimum absolute atomic E-state index is 0.106. The van der Waals surface area contributed by atoms with Gasteiger partial charge in [-0.05, 0) is 17.7 Å². The van der Waals surface area contributed by atoms with Gasteiger partial charge in [0.1, 0.15) is 13.3 Å². The maximum Gasteiger partial charge on any atom is 0.181 e. The Bertz CT molecular complexity index is 399. The normalized spacial score (nSPS) is 9.87. The second-order valence-corrected chi connectivity index (χ2v) is 2.90. The van der Waals surface area contributed by atoms with Crippen LogP contribution in [0.4, 0.5) is 0 Å². The predicted octanol–water partition coefficient (Wildman–Crippen LogP) is 1.41. The standard InChI is InChI=1S/C12H11NO2/c1-3-10-4-6-11(7-5-10)8-12(14)9-13-15-2/h1,4-7,9H,8H2,2H3. The van der Waals surface area contributed by atoms with Crippen LogP contribution in [0.3, 0.4) is 0 Å². The van der Waals surface area contributed by atoms with E-state index in [1.54, 1.807) is 12.1 Å². The van der Waals surface area contributed by atoms with E-state index in [1.165, 1.54) is 7.11 Å². The first-order valence-corrected chi connectivity index (χ1v) is 4.41. The highest BCUT2D eigenvalue weighted by molar-refractivity contribution is 6.27. The van der Waals surface area contributed by atoms with E-state index in [0.29, 0.717) is 6.42 Å². The summed E-state index contributed by atoms with van der Waals surface area (Å²) in [4.78, 5) is 15.7. The quantitative estimate of drug-likeness (QED) is 0.419. The van der Waals surface area contributed by atoms with Gasteiger partial charge in [0.05, 0.1) is 0 Å². The lowest BCUT2D eigenvalue weighted by atomic mass is 10.1. The monoisotopic (exact) mass is 201 g/mol. The summed E-state index contributed by atoms with van der Waals surface area (Å²) in [6, 6.07) is 7.26. The molecule has 0 radical (unpaired) electrons. The van der Waals surface area contributed by atoms with Gasteiger partial charge < -0.3 is 4.84 Å². The molecule has 0 heterocycles. The third-order valence-electron chi connectivity index (χ3n) is 1.80. The molecule has 1 rings (SSSR count). The molecule has 3 heteroatoms. The number of oxime groups is 1. The molecular formula is C12H11NO2. The molecule has 1 aromatic rings. The van der Waals surface area contributed by atoms with Crippen molar-refractivity contribution in [2.45, 2.75) is 6.42 Å². The average Bonchev–Trinajstić information content (AvgIpc) is 2.27. The van der Waals surface area contributed by atoms with Crippen LogP contribution in [0.15, 0.2) is 29.4 Å². The first-order chi connectivity index (χ1) is 7.26. The second kappa shape index (κ2) is 5.61. The van der Waals surface area contributed by atoms with Crippen molar-refractivity contribution in [3.63, 3.8) is 0 Å². The Morgan fingerprint density at radius 3 is 2.73 bits per heavy atom. The molecule has 0 N–H and O–H groups in total. The van der Waals surface area contributed by atoms with Crippen molar-refractivity contribution in [2.24, 2.45) is 5.16 Å². The first kappa shape index (κ1) is 11.0. The predicted molar refractivity (Wildman–Crippen MR) is 58.6 cm³/mol. The fourth-order valence-electron chi connectivity index (χ4n) is 1.08. The van der Waals surface area contributed by atoms with Crippen LogP contribution in [0.25, 0.3) is 0 Å². The summed E-state index contributed by atoms with van der Waals surface area (Å²) >= 11 is 0. The van der Waals surface area contributed by atoms with E-state index in [-0.39, 0.29) is 5.78 Å². The molecule has 0 amide bonds. The molecular weight excluding hydrogens is 190 g/mol. The van der Waals surface area contributed by atoms with Crippen LogP contribution in [0, 0.1) is 12.3 Å². The Hall–Kier alpha value is -2.08. The van der Waals surface area contributed by atoms with E-state index >= 15 is 0 Å². The molecule has 0 spiro atoms. The molecule has 3 nitrogen and oxygen atoms in total. The van der Waals surface area contributed by atoms with Gasteiger partial charge >= 0.3 is 0 Å². The Kier molecular flexibility index (Phi) is 4.11. The number of rotatable bonds is 4. The molecule has 0 saturated carbocycles. The molecule has 15 heavy (non-hydrogen) atoms. The van der Waals surface area contributed by atoms with Gasteiger partial charge in [-0.25, -0.2) is 0 Å². The molecule has 0 aliphatic heterocycles. The van der Waals surface area contributed by atoms with E-state index in [1.807, 2.05) is 12.1 Å². The lowest BCUT2D eigenvalue weighted by molar-refractivity contribution is -0.112. The number of Topliss-reactive ketones (excluding diaryl/α,β-unsaturated/α-hetero) is 1. The fourth-order valence-corrected chi connectivity index (χ4v) is 1.08. The summed E-state index contributed by atoms with van der Waals surface area (Å²) < 4.78 is 0. The minimum atomic E-state index is -0.106. The molecule has 0 aromatic heterocycles. The molecule has 0 aliphatic rings. The number of terminal acetylenes is 1. The molecule has 0 atom stereocenters. The van der Waals surface area contributed by atoms with Crippen molar-refractivity contribution in [1.29, 1.82) is 0 Å². The van der Waals surface area contributed by atoms with E-state index in [4.69, 9.17) is 6.42 Å². The van der Waals surface area contributed by atoms with Crippen LogP contribution in [-0.2, 0) is 16.1 Å². The highest BCUT2D eigenvalue weighted by Gasteiger charge is 2.00. The van der Waals surface area contributed by atoms with Crippen LogP contribution in [0.1, 0.15) is 11.1 Å². The molecule has 1 aromatic carbocycles.